The van der Waals surface area contributed by atoms with Crippen molar-refractivity contribution >= 4 is 21.6 Å². The van der Waals surface area contributed by atoms with Crippen LogP contribution in [0.4, 0.5) is 5.69 Å². The van der Waals surface area contributed by atoms with E-state index in [1.54, 1.807) is 41.3 Å². The zero-order valence-electron chi connectivity index (χ0n) is 17.0. The van der Waals surface area contributed by atoms with E-state index < -0.39 is 15.9 Å². The van der Waals surface area contributed by atoms with E-state index in [4.69, 9.17) is 0 Å². The molecule has 1 N–H and O–H groups in total. The van der Waals surface area contributed by atoms with Crippen molar-refractivity contribution in [2.24, 2.45) is 0 Å². The molecule has 2 aromatic carbocycles. The summed E-state index contributed by atoms with van der Waals surface area (Å²) in [4.78, 5) is 14.5. The molecule has 1 heterocycles. The summed E-state index contributed by atoms with van der Waals surface area (Å²) in [6, 6.07) is 16.0. The van der Waals surface area contributed by atoms with E-state index in [0.717, 1.165) is 11.1 Å². The van der Waals surface area contributed by atoms with Crippen LogP contribution in [-0.4, -0.2) is 49.7 Å². The molecule has 0 radical (unpaired) electrons. The number of nitrogens with zero attached hydrogens (tertiary/aromatic N) is 3. The number of hydrogen-bond acceptors (Lipinski definition) is 5. The third-order valence-electron chi connectivity index (χ3n) is 4.92. The first-order valence-electron chi connectivity index (χ1n) is 9.60. The van der Waals surface area contributed by atoms with E-state index in [1.807, 2.05) is 32.0 Å². The lowest BCUT2D eigenvalue weighted by Crippen LogP contribution is -2.46. The van der Waals surface area contributed by atoms with E-state index in [-0.39, 0.29) is 23.6 Å². The number of aryl methyl sites for hydroxylation is 2. The minimum atomic E-state index is -3.56. The monoisotopic (exact) mass is 424 g/mol. The topological polar surface area (TPSA) is 93.5 Å². The highest BCUT2D eigenvalue weighted by atomic mass is 32.2. The minimum Gasteiger partial charge on any atom is -0.373 e. The number of carbonyl (C=O) groups is 1. The number of piperazine rings is 1. The molecule has 8 heteroatoms. The van der Waals surface area contributed by atoms with Gasteiger partial charge in [-0.15, -0.1) is 0 Å². The van der Waals surface area contributed by atoms with Gasteiger partial charge in [-0.05, 0) is 38.1 Å². The molecule has 7 nitrogen and oxygen atoms in total. The molecule has 1 aliphatic heterocycles. The molecular weight excluding hydrogens is 400 g/mol. The minimum absolute atomic E-state index is 0.0228. The summed E-state index contributed by atoms with van der Waals surface area (Å²) in [5.74, 6) is -0.490. The van der Waals surface area contributed by atoms with Gasteiger partial charge in [-0.25, -0.2) is 8.42 Å². The lowest BCUT2D eigenvalue weighted by Gasteiger charge is -2.33. The average molecular weight is 425 g/mol. The molecule has 0 aliphatic carbocycles. The van der Waals surface area contributed by atoms with E-state index in [1.165, 1.54) is 10.5 Å². The van der Waals surface area contributed by atoms with Crippen LogP contribution >= 0.6 is 0 Å². The Kier molecular flexibility index (Phi) is 6.55. The molecular formula is C22H24N4O3S. The van der Waals surface area contributed by atoms with Crippen LogP contribution in [0, 0.1) is 25.2 Å². The lowest BCUT2D eigenvalue weighted by atomic mass is 10.2. The summed E-state index contributed by atoms with van der Waals surface area (Å²) >= 11 is 0. The summed E-state index contributed by atoms with van der Waals surface area (Å²) in [5.41, 5.74) is 2.66. The predicted molar refractivity (Wildman–Crippen MR) is 115 cm³/mol. The van der Waals surface area contributed by atoms with E-state index in [2.05, 4.69) is 5.32 Å². The fourth-order valence-electron chi connectivity index (χ4n) is 3.09. The van der Waals surface area contributed by atoms with Crippen LogP contribution in [0.25, 0.3) is 0 Å². The highest BCUT2D eigenvalue weighted by molar-refractivity contribution is 7.89. The second-order valence-electron chi connectivity index (χ2n) is 7.23. The number of nitriles is 1. The number of rotatable bonds is 5. The van der Waals surface area contributed by atoms with Gasteiger partial charge in [-0.2, -0.15) is 9.57 Å². The first kappa shape index (κ1) is 21.6. The number of hydrogen-bond donors (Lipinski definition) is 1. The van der Waals surface area contributed by atoms with Crippen molar-refractivity contribution in [3.8, 4) is 6.07 Å². The van der Waals surface area contributed by atoms with Crippen LogP contribution in [0.5, 0.6) is 0 Å². The highest BCUT2D eigenvalue weighted by Gasteiger charge is 2.28. The number of amides is 1. The normalized spacial score (nSPS) is 15.5. The molecule has 0 atom stereocenters. The summed E-state index contributed by atoms with van der Waals surface area (Å²) in [5, 5.41) is 12.1. The fraction of sp³-hybridized carbons (Fsp3) is 0.273. The zero-order chi connectivity index (χ0) is 21.7. The maximum absolute atomic E-state index is 12.8. The fourth-order valence-corrected chi connectivity index (χ4v) is 4.51. The molecule has 0 saturated carbocycles. The molecule has 1 amide bonds. The van der Waals surface area contributed by atoms with Crippen molar-refractivity contribution in [1.29, 1.82) is 5.26 Å². The van der Waals surface area contributed by atoms with Gasteiger partial charge in [0.1, 0.15) is 11.6 Å². The van der Waals surface area contributed by atoms with Crippen LogP contribution in [0.2, 0.25) is 0 Å². The standard InChI is InChI=1S/C22H24N4O3S/c1-17-3-7-20(8-4-17)24-22(27)19(15-23)16-25-11-13-26(14-12-25)30(28,29)21-9-5-18(2)6-10-21/h3-10,16H,11-14H2,1-2H3,(H,24,27)/b19-16-. The van der Waals surface area contributed by atoms with E-state index in [0.29, 0.717) is 18.8 Å². The van der Waals surface area contributed by atoms with E-state index in [9.17, 15) is 18.5 Å². The molecule has 0 spiro atoms. The molecule has 2 aromatic rings. The Labute approximate surface area is 177 Å². The molecule has 0 unspecified atom stereocenters. The van der Waals surface area contributed by atoms with Crippen molar-refractivity contribution in [3.05, 3.63) is 71.4 Å². The maximum Gasteiger partial charge on any atom is 0.267 e. The Morgan fingerprint density at radius 1 is 0.967 bits per heavy atom. The summed E-state index contributed by atoms with van der Waals surface area (Å²) in [7, 11) is -3.56. The Morgan fingerprint density at radius 3 is 2.03 bits per heavy atom. The van der Waals surface area contributed by atoms with Crippen LogP contribution in [0.3, 0.4) is 0 Å². The molecule has 0 bridgehead atoms. The van der Waals surface area contributed by atoms with Gasteiger partial charge in [-0.3, -0.25) is 4.79 Å². The lowest BCUT2D eigenvalue weighted by molar-refractivity contribution is -0.112. The number of anilines is 1. The van der Waals surface area contributed by atoms with Gasteiger partial charge in [0.2, 0.25) is 10.0 Å². The Morgan fingerprint density at radius 2 is 1.50 bits per heavy atom. The van der Waals surface area contributed by atoms with Crippen LogP contribution in [0.1, 0.15) is 11.1 Å². The summed E-state index contributed by atoms with van der Waals surface area (Å²) in [6.07, 6.45) is 1.50. The summed E-state index contributed by atoms with van der Waals surface area (Å²) < 4.78 is 27.0. The smallest absolute Gasteiger partial charge is 0.267 e. The first-order valence-corrected chi connectivity index (χ1v) is 11.0. The number of nitrogens with one attached hydrogen (secondary N) is 1. The molecule has 1 aliphatic rings. The zero-order valence-corrected chi connectivity index (χ0v) is 17.8. The summed E-state index contributed by atoms with van der Waals surface area (Å²) in [6.45, 7) is 5.21. The Balaban J connectivity index is 1.63. The van der Waals surface area contributed by atoms with Crippen LogP contribution in [-0.2, 0) is 14.8 Å². The Bertz CT molecular complexity index is 1080. The highest BCUT2D eigenvalue weighted by Crippen LogP contribution is 2.19. The average Bonchev–Trinajstić information content (AvgIpc) is 2.74. The van der Waals surface area contributed by atoms with Gasteiger partial charge in [0.05, 0.1) is 4.90 Å². The quantitative estimate of drug-likeness (QED) is 0.588. The molecule has 30 heavy (non-hydrogen) atoms. The van der Waals surface area contributed by atoms with Crippen molar-refractivity contribution in [3.63, 3.8) is 0 Å². The van der Waals surface area contributed by atoms with Crippen molar-refractivity contribution in [2.45, 2.75) is 18.7 Å². The largest absolute Gasteiger partial charge is 0.373 e. The van der Waals surface area contributed by atoms with Crippen molar-refractivity contribution in [1.82, 2.24) is 9.21 Å². The van der Waals surface area contributed by atoms with Crippen molar-refractivity contribution < 1.29 is 13.2 Å². The molecule has 156 valence electrons. The predicted octanol–water partition coefficient (Wildman–Crippen LogP) is 2.66. The third kappa shape index (κ3) is 5.06. The number of benzene rings is 2. The van der Waals surface area contributed by atoms with Crippen LogP contribution in [0.15, 0.2) is 65.2 Å². The SMILES string of the molecule is Cc1ccc(NC(=O)/C(C#N)=C\N2CCN(S(=O)(=O)c3ccc(C)cc3)CC2)cc1. The molecule has 1 saturated heterocycles. The Hall–Kier alpha value is -3.15. The number of sulfonamides is 1. The second-order valence-corrected chi connectivity index (χ2v) is 9.17. The third-order valence-corrected chi connectivity index (χ3v) is 6.83. The van der Waals surface area contributed by atoms with Gasteiger partial charge >= 0.3 is 0 Å². The van der Waals surface area contributed by atoms with Gasteiger partial charge in [0.15, 0.2) is 0 Å². The first-order chi connectivity index (χ1) is 14.3. The molecule has 0 aromatic heterocycles. The van der Waals surface area contributed by atoms with Gasteiger partial charge in [0.25, 0.3) is 5.91 Å². The maximum atomic E-state index is 12.8. The van der Waals surface area contributed by atoms with Crippen LogP contribution < -0.4 is 5.32 Å². The molecule has 1 fully saturated rings. The second kappa shape index (κ2) is 9.11. The van der Waals surface area contributed by atoms with Gasteiger partial charge in [-0.1, -0.05) is 35.4 Å². The number of carbonyl (C=O) groups excluding carboxylic acids is 1. The van der Waals surface area contributed by atoms with E-state index >= 15 is 0 Å². The molecule has 3 rings (SSSR count). The van der Waals surface area contributed by atoms with Gasteiger partial charge < -0.3 is 10.2 Å². The van der Waals surface area contributed by atoms with Gasteiger partial charge in [0, 0.05) is 38.1 Å². The van der Waals surface area contributed by atoms with Crippen molar-refractivity contribution in [2.75, 3.05) is 31.5 Å².